The second-order valence-electron chi connectivity index (χ2n) is 11.0. The van der Waals surface area contributed by atoms with Gasteiger partial charge in [0.25, 0.3) is 0 Å². The molecular weight excluding hydrogens is 510 g/mol. The summed E-state index contributed by atoms with van der Waals surface area (Å²) in [7, 11) is 0. The second kappa shape index (κ2) is 8.82. The van der Waals surface area contributed by atoms with Crippen molar-refractivity contribution in [2.45, 2.75) is 76.5 Å². The number of hydrogen-bond acceptors (Lipinski definition) is 8. The highest BCUT2D eigenvalue weighted by Crippen LogP contribution is 2.42. The molecule has 0 bridgehead atoms. The van der Waals surface area contributed by atoms with E-state index in [1.165, 1.54) is 0 Å². The van der Waals surface area contributed by atoms with Crippen LogP contribution in [0.5, 0.6) is 0 Å². The molecule has 3 saturated heterocycles. The van der Waals surface area contributed by atoms with Gasteiger partial charge < -0.3 is 33.0 Å². The minimum atomic E-state index is -0.753. The number of ether oxygens (including phenoxy) is 6. The monoisotopic (exact) mass is 539 g/mol. The standard InChI is InChI=1S/C28H30ClN3O6/c1-27(2)34-14-20(36-27)22-23(24-26(35-22)38-28(3,4)37-24)33-12-11-32-19-10-9-15(29)13-16(19)21-25(32)31-18-8-6-5-7-17(18)30-21/h5-10,13,20,22-24,26H,11-12,14H2,1-4H3/t20?,22-,23+,24-,26-/m1/s1. The van der Waals surface area contributed by atoms with E-state index < -0.39 is 24.0 Å². The molecule has 3 fully saturated rings. The first kappa shape index (κ1) is 24.7. The van der Waals surface area contributed by atoms with Crippen LogP contribution in [0.3, 0.4) is 0 Å². The summed E-state index contributed by atoms with van der Waals surface area (Å²) in [5, 5.41) is 1.61. The quantitative estimate of drug-likeness (QED) is 0.357. The van der Waals surface area contributed by atoms with Gasteiger partial charge in [-0.3, -0.25) is 0 Å². The number of rotatable bonds is 5. The topological polar surface area (TPSA) is 86.1 Å². The summed E-state index contributed by atoms with van der Waals surface area (Å²) >= 11 is 6.37. The van der Waals surface area contributed by atoms with Crippen LogP contribution in [-0.4, -0.2) is 70.0 Å². The van der Waals surface area contributed by atoms with Gasteiger partial charge in [-0.05, 0) is 58.0 Å². The molecule has 3 aliphatic rings. The lowest BCUT2D eigenvalue weighted by atomic mass is 10.1. The summed E-state index contributed by atoms with van der Waals surface area (Å²) in [6.07, 6.45) is -1.96. The molecule has 0 amide bonds. The van der Waals surface area contributed by atoms with Crippen LogP contribution in [0.1, 0.15) is 27.7 Å². The minimum absolute atomic E-state index is 0.288. The lowest BCUT2D eigenvalue weighted by molar-refractivity contribution is -0.236. The highest BCUT2D eigenvalue weighted by molar-refractivity contribution is 6.31. The Morgan fingerprint density at radius 2 is 1.76 bits per heavy atom. The number of aromatic nitrogens is 3. The second-order valence-corrected chi connectivity index (χ2v) is 11.4. The third-order valence-corrected chi connectivity index (χ3v) is 7.60. The molecule has 5 heterocycles. The van der Waals surface area contributed by atoms with Gasteiger partial charge >= 0.3 is 0 Å². The van der Waals surface area contributed by atoms with Crippen LogP contribution in [0, 0.1) is 0 Å². The van der Waals surface area contributed by atoms with Crippen LogP contribution in [-0.2, 0) is 35.0 Å². The van der Waals surface area contributed by atoms with Gasteiger partial charge in [0.05, 0.1) is 29.8 Å². The summed E-state index contributed by atoms with van der Waals surface area (Å²) in [6, 6.07) is 13.7. The van der Waals surface area contributed by atoms with Gasteiger partial charge in [-0.1, -0.05) is 23.7 Å². The summed E-state index contributed by atoms with van der Waals surface area (Å²) < 4.78 is 39.1. The molecule has 38 heavy (non-hydrogen) atoms. The third-order valence-electron chi connectivity index (χ3n) is 7.36. The number of para-hydroxylation sites is 2. The Bertz CT molecular complexity index is 1540. The van der Waals surface area contributed by atoms with Crippen LogP contribution >= 0.6 is 11.6 Å². The molecule has 7 rings (SSSR count). The average Bonchev–Trinajstić information content (AvgIpc) is 3.56. The first-order valence-corrected chi connectivity index (χ1v) is 13.3. The smallest absolute Gasteiger partial charge is 0.190 e. The van der Waals surface area contributed by atoms with E-state index in [1.807, 2.05) is 70.2 Å². The Morgan fingerprint density at radius 3 is 2.53 bits per heavy atom. The van der Waals surface area contributed by atoms with E-state index in [1.54, 1.807) is 0 Å². The lowest BCUT2D eigenvalue weighted by Gasteiger charge is -2.29. The molecule has 5 atom stereocenters. The van der Waals surface area contributed by atoms with E-state index in [4.69, 9.17) is 50.0 Å². The molecule has 3 aliphatic heterocycles. The maximum atomic E-state index is 6.53. The molecule has 0 saturated carbocycles. The SMILES string of the molecule is CC1(C)OCC([C@H]2O[C@@H]3OC(C)(C)O[C@@H]3[C@H]2OCCn2c3ccc(Cl)cc3c3nc4ccccc4nc32)O1. The van der Waals surface area contributed by atoms with Gasteiger partial charge in [0, 0.05) is 17.0 Å². The van der Waals surface area contributed by atoms with E-state index in [0.29, 0.717) is 24.8 Å². The van der Waals surface area contributed by atoms with Gasteiger partial charge in [-0.2, -0.15) is 0 Å². The van der Waals surface area contributed by atoms with E-state index in [-0.39, 0.29) is 18.3 Å². The molecule has 1 unspecified atom stereocenters. The molecule has 200 valence electrons. The van der Waals surface area contributed by atoms with Crippen molar-refractivity contribution in [2.24, 2.45) is 0 Å². The molecule has 4 aromatic rings. The van der Waals surface area contributed by atoms with Crippen molar-refractivity contribution >= 4 is 44.7 Å². The van der Waals surface area contributed by atoms with Gasteiger partial charge in [-0.25, -0.2) is 9.97 Å². The molecule has 2 aromatic heterocycles. The maximum Gasteiger partial charge on any atom is 0.190 e. The zero-order valence-electron chi connectivity index (χ0n) is 21.7. The fourth-order valence-electron chi connectivity index (χ4n) is 5.78. The molecule has 10 heteroatoms. The first-order chi connectivity index (χ1) is 18.2. The fraction of sp³-hybridized carbons (Fsp3) is 0.500. The van der Waals surface area contributed by atoms with Crippen LogP contribution in [0.4, 0.5) is 0 Å². The predicted octanol–water partition coefficient (Wildman–Crippen LogP) is 4.80. The van der Waals surface area contributed by atoms with E-state index in [0.717, 1.165) is 33.1 Å². The van der Waals surface area contributed by atoms with Crippen LogP contribution in [0.2, 0.25) is 5.02 Å². The number of fused-ring (bicyclic) bond motifs is 5. The van der Waals surface area contributed by atoms with Crippen LogP contribution < -0.4 is 0 Å². The van der Waals surface area contributed by atoms with E-state index in [2.05, 4.69) is 4.57 Å². The summed E-state index contributed by atoms with van der Waals surface area (Å²) in [4.78, 5) is 9.88. The zero-order valence-corrected chi connectivity index (χ0v) is 22.5. The highest BCUT2D eigenvalue weighted by Gasteiger charge is 2.58. The molecule has 0 aliphatic carbocycles. The van der Waals surface area contributed by atoms with Crippen molar-refractivity contribution in [1.82, 2.24) is 14.5 Å². The van der Waals surface area contributed by atoms with Crippen molar-refractivity contribution in [3.05, 3.63) is 47.5 Å². The van der Waals surface area contributed by atoms with Crippen molar-refractivity contribution in [3.8, 4) is 0 Å². The molecule has 0 spiro atoms. The molecule has 0 N–H and O–H groups in total. The van der Waals surface area contributed by atoms with E-state index >= 15 is 0 Å². The normalized spacial score (nSPS) is 30.1. The van der Waals surface area contributed by atoms with E-state index in [9.17, 15) is 0 Å². The first-order valence-electron chi connectivity index (χ1n) is 13.0. The summed E-state index contributed by atoms with van der Waals surface area (Å²) in [5.41, 5.74) is 4.28. The van der Waals surface area contributed by atoms with Gasteiger partial charge in [0.15, 0.2) is 23.5 Å². The van der Waals surface area contributed by atoms with Crippen molar-refractivity contribution in [2.75, 3.05) is 13.2 Å². The molecule has 9 nitrogen and oxygen atoms in total. The number of halogens is 1. The Balaban J connectivity index is 1.19. The largest absolute Gasteiger partial charge is 0.371 e. The van der Waals surface area contributed by atoms with Crippen molar-refractivity contribution < 1.29 is 28.4 Å². The van der Waals surface area contributed by atoms with Crippen LogP contribution in [0.25, 0.3) is 33.1 Å². The molecule has 2 aromatic carbocycles. The number of nitrogens with zero attached hydrogens (tertiary/aromatic N) is 3. The zero-order chi connectivity index (χ0) is 26.2. The van der Waals surface area contributed by atoms with Gasteiger partial charge in [0.1, 0.15) is 29.9 Å². The van der Waals surface area contributed by atoms with Gasteiger partial charge in [-0.15, -0.1) is 0 Å². The van der Waals surface area contributed by atoms with Gasteiger partial charge in [0.2, 0.25) is 0 Å². The highest BCUT2D eigenvalue weighted by atomic mass is 35.5. The lowest BCUT2D eigenvalue weighted by Crippen LogP contribution is -2.44. The third kappa shape index (κ3) is 4.17. The minimum Gasteiger partial charge on any atom is -0.371 e. The number of hydrogen-bond donors (Lipinski definition) is 0. The fourth-order valence-corrected chi connectivity index (χ4v) is 5.96. The molecular formula is C28H30ClN3O6. The maximum absolute atomic E-state index is 6.53. The van der Waals surface area contributed by atoms with Crippen LogP contribution in [0.15, 0.2) is 42.5 Å². The predicted molar refractivity (Wildman–Crippen MR) is 141 cm³/mol. The Morgan fingerprint density at radius 1 is 0.974 bits per heavy atom. The Hall–Kier alpha value is -2.37. The van der Waals surface area contributed by atoms with Crippen molar-refractivity contribution in [3.63, 3.8) is 0 Å². The molecule has 0 radical (unpaired) electrons. The Labute approximate surface area is 224 Å². The number of benzene rings is 2. The average molecular weight is 540 g/mol. The summed E-state index contributed by atoms with van der Waals surface area (Å²) in [6.45, 7) is 8.91. The van der Waals surface area contributed by atoms with Crippen molar-refractivity contribution in [1.29, 1.82) is 0 Å². The Kier molecular flexibility index (Phi) is 5.72. The summed E-state index contributed by atoms with van der Waals surface area (Å²) in [5.74, 6) is -1.43.